The van der Waals surface area contributed by atoms with Gasteiger partial charge in [0.05, 0.1) is 6.61 Å². The highest BCUT2D eigenvalue weighted by atomic mass is 16.5. The molecular weight excluding hydrogens is 246 g/mol. The molecule has 1 heterocycles. The standard InChI is InChI=1S/C13H19N3O3/c1-4-16(5-2)13(18)15-11-10(8-7-9-14-11)12(17)19-6-3/h7-9H,4-6H2,1-3H3,(H,14,15,18). The molecule has 0 aliphatic rings. The zero-order valence-corrected chi connectivity index (χ0v) is 11.5. The Morgan fingerprint density at radius 2 is 2.00 bits per heavy atom. The largest absolute Gasteiger partial charge is 0.462 e. The van der Waals surface area contributed by atoms with E-state index in [0.717, 1.165) is 0 Å². The molecule has 0 aromatic carbocycles. The number of esters is 1. The zero-order chi connectivity index (χ0) is 14.3. The molecule has 0 spiro atoms. The third kappa shape index (κ3) is 3.94. The second kappa shape index (κ2) is 7.35. The topological polar surface area (TPSA) is 71.5 Å². The van der Waals surface area contributed by atoms with Crippen LogP contribution in [0.4, 0.5) is 10.6 Å². The van der Waals surface area contributed by atoms with Gasteiger partial charge in [0.2, 0.25) is 0 Å². The number of pyridine rings is 1. The molecule has 6 heteroatoms. The lowest BCUT2D eigenvalue weighted by Gasteiger charge is -2.19. The lowest BCUT2D eigenvalue weighted by Crippen LogP contribution is -2.35. The number of rotatable bonds is 5. The monoisotopic (exact) mass is 265 g/mol. The van der Waals surface area contributed by atoms with Gasteiger partial charge in [0.15, 0.2) is 0 Å². The molecule has 0 fully saturated rings. The van der Waals surface area contributed by atoms with E-state index >= 15 is 0 Å². The van der Waals surface area contributed by atoms with Crippen LogP contribution in [-0.4, -0.2) is 41.6 Å². The van der Waals surface area contributed by atoms with Gasteiger partial charge in [0, 0.05) is 19.3 Å². The lowest BCUT2D eigenvalue weighted by molar-refractivity contribution is 0.0527. The molecule has 0 bridgehead atoms. The number of ether oxygens (including phenoxy) is 1. The van der Waals surface area contributed by atoms with E-state index in [0.29, 0.717) is 13.1 Å². The van der Waals surface area contributed by atoms with Crippen molar-refractivity contribution in [3.05, 3.63) is 23.9 Å². The first-order chi connectivity index (χ1) is 9.13. The summed E-state index contributed by atoms with van der Waals surface area (Å²) in [5.74, 6) is -0.275. The normalized spacial score (nSPS) is 9.84. The SMILES string of the molecule is CCOC(=O)c1cccnc1NC(=O)N(CC)CC. The van der Waals surface area contributed by atoms with Crippen molar-refractivity contribution in [1.29, 1.82) is 0 Å². The molecule has 2 amide bonds. The van der Waals surface area contributed by atoms with Gasteiger partial charge >= 0.3 is 12.0 Å². The summed E-state index contributed by atoms with van der Waals surface area (Å²) >= 11 is 0. The van der Waals surface area contributed by atoms with Crippen LogP contribution in [0.15, 0.2) is 18.3 Å². The van der Waals surface area contributed by atoms with Crippen LogP contribution in [-0.2, 0) is 4.74 Å². The maximum atomic E-state index is 11.9. The summed E-state index contributed by atoms with van der Waals surface area (Å²) in [5.41, 5.74) is 0.254. The Morgan fingerprint density at radius 3 is 2.58 bits per heavy atom. The highest BCUT2D eigenvalue weighted by Gasteiger charge is 2.17. The minimum absolute atomic E-state index is 0.220. The van der Waals surface area contributed by atoms with Crippen molar-refractivity contribution < 1.29 is 14.3 Å². The number of carbonyl (C=O) groups excluding carboxylic acids is 2. The average Bonchev–Trinajstić information content (AvgIpc) is 2.41. The van der Waals surface area contributed by atoms with Gasteiger partial charge in [-0.3, -0.25) is 5.32 Å². The quantitative estimate of drug-likeness (QED) is 0.828. The van der Waals surface area contributed by atoms with Crippen LogP contribution < -0.4 is 5.32 Å². The number of aromatic nitrogens is 1. The Labute approximate surface area is 112 Å². The van der Waals surface area contributed by atoms with E-state index in [4.69, 9.17) is 4.74 Å². The number of hydrogen-bond donors (Lipinski definition) is 1. The van der Waals surface area contributed by atoms with Crippen molar-refractivity contribution in [1.82, 2.24) is 9.88 Å². The van der Waals surface area contributed by atoms with Crippen LogP contribution in [0.5, 0.6) is 0 Å². The molecule has 0 atom stereocenters. The first-order valence-electron chi connectivity index (χ1n) is 6.32. The number of nitrogens with zero attached hydrogens (tertiary/aromatic N) is 2. The molecule has 0 saturated carbocycles. The fraction of sp³-hybridized carbons (Fsp3) is 0.462. The summed E-state index contributed by atoms with van der Waals surface area (Å²) in [6.45, 7) is 6.94. The van der Waals surface area contributed by atoms with E-state index < -0.39 is 5.97 Å². The Kier molecular flexibility index (Phi) is 5.78. The third-order valence-corrected chi connectivity index (χ3v) is 2.58. The number of carbonyl (C=O) groups is 2. The smallest absolute Gasteiger partial charge is 0.341 e. The van der Waals surface area contributed by atoms with Crippen molar-refractivity contribution in [3.8, 4) is 0 Å². The second-order valence-corrected chi connectivity index (χ2v) is 3.72. The number of urea groups is 1. The minimum atomic E-state index is -0.495. The van der Waals surface area contributed by atoms with Gasteiger partial charge < -0.3 is 9.64 Å². The fourth-order valence-electron chi connectivity index (χ4n) is 1.57. The highest BCUT2D eigenvalue weighted by Crippen LogP contribution is 2.13. The van der Waals surface area contributed by atoms with Gasteiger partial charge in [-0.25, -0.2) is 14.6 Å². The van der Waals surface area contributed by atoms with Gasteiger partial charge in [0.25, 0.3) is 0 Å². The Morgan fingerprint density at radius 1 is 1.32 bits per heavy atom. The van der Waals surface area contributed by atoms with Crippen molar-refractivity contribution >= 4 is 17.8 Å². The van der Waals surface area contributed by atoms with Crippen LogP contribution in [0.25, 0.3) is 0 Å². The molecule has 0 unspecified atom stereocenters. The van der Waals surface area contributed by atoms with Crippen molar-refractivity contribution in [3.63, 3.8) is 0 Å². The summed E-state index contributed by atoms with van der Waals surface area (Å²) in [6.07, 6.45) is 1.51. The minimum Gasteiger partial charge on any atom is -0.462 e. The predicted molar refractivity (Wildman–Crippen MR) is 72.1 cm³/mol. The molecule has 0 aliphatic heterocycles. The molecule has 0 aliphatic carbocycles. The average molecular weight is 265 g/mol. The summed E-state index contributed by atoms with van der Waals surface area (Å²) in [5, 5.41) is 2.63. The second-order valence-electron chi connectivity index (χ2n) is 3.72. The van der Waals surface area contributed by atoms with E-state index in [-0.39, 0.29) is 24.0 Å². The zero-order valence-electron chi connectivity index (χ0n) is 11.5. The summed E-state index contributed by atoms with van der Waals surface area (Å²) in [6, 6.07) is 2.91. The van der Waals surface area contributed by atoms with Crippen molar-refractivity contribution in [2.24, 2.45) is 0 Å². The Hall–Kier alpha value is -2.11. The third-order valence-electron chi connectivity index (χ3n) is 2.58. The number of anilines is 1. The molecular formula is C13H19N3O3. The van der Waals surface area contributed by atoms with E-state index in [1.807, 2.05) is 13.8 Å². The van der Waals surface area contributed by atoms with E-state index in [2.05, 4.69) is 10.3 Å². The van der Waals surface area contributed by atoms with E-state index in [1.165, 1.54) is 6.20 Å². The summed E-state index contributed by atoms with van der Waals surface area (Å²) in [7, 11) is 0. The molecule has 1 rings (SSSR count). The van der Waals surface area contributed by atoms with E-state index in [1.54, 1.807) is 24.0 Å². The first-order valence-corrected chi connectivity index (χ1v) is 6.32. The van der Waals surface area contributed by atoms with Crippen LogP contribution >= 0.6 is 0 Å². The maximum Gasteiger partial charge on any atom is 0.341 e. The number of hydrogen-bond acceptors (Lipinski definition) is 4. The molecule has 104 valence electrons. The molecule has 0 radical (unpaired) electrons. The van der Waals surface area contributed by atoms with Crippen molar-refractivity contribution in [2.75, 3.05) is 25.0 Å². The Bertz CT molecular complexity index is 445. The van der Waals surface area contributed by atoms with Gasteiger partial charge in [-0.1, -0.05) is 0 Å². The predicted octanol–water partition coefficient (Wildman–Crippen LogP) is 2.13. The van der Waals surface area contributed by atoms with Crippen LogP contribution in [0.2, 0.25) is 0 Å². The molecule has 19 heavy (non-hydrogen) atoms. The van der Waals surface area contributed by atoms with Crippen LogP contribution in [0.3, 0.4) is 0 Å². The van der Waals surface area contributed by atoms with Crippen LogP contribution in [0.1, 0.15) is 31.1 Å². The van der Waals surface area contributed by atoms with Gasteiger partial charge in [-0.15, -0.1) is 0 Å². The highest BCUT2D eigenvalue weighted by molar-refractivity contribution is 5.99. The fourth-order valence-corrected chi connectivity index (χ4v) is 1.57. The van der Waals surface area contributed by atoms with Gasteiger partial charge in [0.1, 0.15) is 11.4 Å². The molecule has 1 aromatic rings. The number of nitrogens with one attached hydrogen (secondary N) is 1. The molecule has 1 aromatic heterocycles. The first kappa shape index (κ1) is 14.9. The number of amides is 2. The summed E-state index contributed by atoms with van der Waals surface area (Å²) < 4.78 is 4.92. The molecule has 0 saturated heterocycles. The van der Waals surface area contributed by atoms with Gasteiger partial charge in [-0.2, -0.15) is 0 Å². The maximum absolute atomic E-state index is 11.9. The Balaban J connectivity index is 2.89. The van der Waals surface area contributed by atoms with Crippen molar-refractivity contribution in [2.45, 2.75) is 20.8 Å². The summed E-state index contributed by atoms with van der Waals surface area (Å²) in [4.78, 5) is 29.3. The van der Waals surface area contributed by atoms with E-state index in [9.17, 15) is 9.59 Å². The van der Waals surface area contributed by atoms with Gasteiger partial charge in [-0.05, 0) is 32.9 Å². The van der Waals surface area contributed by atoms with Crippen LogP contribution in [0, 0.1) is 0 Å². The molecule has 1 N–H and O–H groups in total. The lowest BCUT2D eigenvalue weighted by atomic mass is 10.2. The molecule has 6 nitrogen and oxygen atoms in total.